The molecule has 0 atom stereocenters. The molecule has 0 aliphatic heterocycles. The Balaban J connectivity index is 1.90. The van der Waals surface area contributed by atoms with Crippen LogP contribution in [0.5, 0.6) is 5.75 Å². The lowest BCUT2D eigenvalue weighted by Crippen LogP contribution is -2.07. The van der Waals surface area contributed by atoms with E-state index >= 15 is 0 Å². The number of alkyl halides is 3. The zero-order valence-corrected chi connectivity index (χ0v) is 15.2. The number of halogens is 3. The van der Waals surface area contributed by atoms with Gasteiger partial charge in [0.1, 0.15) is 5.75 Å². The number of thiazole rings is 1. The maximum absolute atomic E-state index is 13.3. The van der Waals surface area contributed by atoms with Crippen molar-refractivity contribution in [3.63, 3.8) is 0 Å². The number of aromatic nitrogens is 3. The molecule has 0 spiro atoms. The minimum atomic E-state index is -4.54. The van der Waals surface area contributed by atoms with Crippen molar-refractivity contribution >= 4 is 21.6 Å². The van der Waals surface area contributed by atoms with E-state index in [1.807, 2.05) is 25.1 Å². The summed E-state index contributed by atoms with van der Waals surface area (Å²) in [5.41, 5.74) is 1.74. The maximum atomic E-state index is 13.3. The van der Waals surface area contributed by atoms with E-state index in [1.165, 1.54) is 23.1 Å². The fourth-order valence-corrected chi connectivity index (χ4v) is 3.77. The monoisotopic (exact) mass is 389 g/mol. The van der Waals surface area contributed by atoms with Gasteiger partial charge in [-0.2, -0.15) is 18.3 Å². The summed E-state index contributed by atoms with van der Waals surface area (Å²) in [6.07, 6.45) is -4.54. The number of methoxy groups -OCH3 is 1. The first-order valence-electron chi connectivity index (χ1n) is 8.04. The second-order valence-corrected chi connectivity index (χ2v) is 7.03. The third-order valence-corrected chi connectivity index (χ3v) is 5.09. The normalized spacial score (nSPS) is 11.9. The molecule has 0 unspecified atom stereocenters. The molecule has 0 radical (unpaired) electrons. The van der Waals surface area contributed by atoms with Crippen LogP contribution in [-0.2, 0) is 6.18 Å². The fraction of sp³-hybridized carbons (Fsp3) is 0.158. The molecule has 4 nitrogen and oxygen atoms in total. The Morgan fingerprint density at radius 1 is 1.04 bits per heavy atom. The summed E-state index contributed by atoms with van der Waals surface area (Å²) in [6, 6.07) is 13.6. The van der Waals surface area contributed by atoms with E-state index in [1.54, 1.807) is 24.3 Å². The van der Waals surface area contributed by atoms with Gasteiger partial charge in [0.2, 0.25) is 5.13 Å². The van der Waals surface area contributed by atoms with Gasteiger partial charge < -0.3 is 4.74 Å². The van der Waals surface area contributed by atoms with Crippen molar-refractivity contribution < 1.29 is 17.9 Å². The third kappa shape index (κ3) is 3.28. The number of fused-ring (bicyclic) bond motifs is 1. The molecule has 4 aromatic rings. The lowest BCUT2D eigenvalue weighted by molar-refractivity contribution is -0.141. The maximum Gasteiger partial charge on any atom is 0.435 e. The van der Waals surface area contributed by atoms with Gasteiger partial charge in [0.05, 0.1) is 23.0 Å². The van der Waals surface area contributed by atoms with Crippen LogP contribution in [0.15, 0.2) is 48.5 Å². The summed E-state index contributed by atoms with van der Waals surface area (Å²) in [5.74, 6) is 0.622. The summed E-state index contributed by atoms with van der Waals surface area (Å²) >= 11 is 1.30. The molecule has 2 aromatic carbocycles. The van der Waals surface area contributed by atoms with Crippen LogP contribution in [0.2, 0.25) is 0 Å². The fourth-order valence-electron chi connectivity index (χ4n) is 2.74. The highest BCUT2D eigenvalue weighted by atomic mass is 32.1. The van der Waals surface area contributed by atoms with Crippen LogP contribution in [0.4, 0.5) is 13.2 Å². The van der Waals surface area contributed by atoms with Gasteiger partial charge in [0.25, 0.3) is 0 Å². The van der Waals surface area contributed by atoms with E-state index in [0.29, 0.717) is 22.1 Å². The number of hydrogen-bond acceptors (Lipinski definition) is 4. The Bertz CT molecular complexity index is 1110. The van der Waals surface area contributed by atoms with Gasteiger partial charge >= 0.3 is 6.18 Å². The highest BCUT2D eigenvalue weighted by Crippen LogP contribution is 2.35. The Labute approximate surface area is 156 Å². The van der Waals surface area contributed by atoms with Gasteiger partial charge in [0.15, 0.2) is 5.69 Å². The predicted molar refractivity (Wildman–Crippen MR) is 98.5 cm³/mol. The van der Waals surface area contributed by atoms with Gasteiger partial charge in [-0.25, -0.2) is 9.67 Å². The van der Waals surface area contributed by atoms with Gasteiger partial charge in [0, 0.05) is 5.56 Å². The molecule has 0 saturated heterocycles. The van der Waals surface area contributed by atoms with Crippen LogP contribution in [0.25, 0.3) is 26.6 Å². The van der Waals surface area contributed by atoms with Crippen LogP contribution in [0.1, 0.15) is 11.3 Å². The smallest absolute Gasteiger partial charge is 0.435 e. The average Bonchev–Trinajstić information content (AvgIpc) is 3.25. The first-order chi connectivity index (χ1) is 12.8. The summed E-state index contributed by atoms with van der Waals surface area (Å²) < 4.78 is 47.1. The van der Waals surface area contributed by atoms with Crippen LogP contribution >= 0.6 is 11.3 Å². The highest BCUT2D eigenvalue weighted by molar-refractivity contribution is 7.20. The third-order valence-electron chi connectivity index (χ3n) is 4.10. The molecule has 4 rings (SSSR count). The number of hydrogen-bond donors (Lipinski definition) is 0. The zero-order valence-electron chi connectivity index (χ0n) is 14.4. The highest BCUT2D eigenvalue weighted by Gasteiger charge is 2.35. The molecule has 0 amide bonds. The summed E-state index contributed by atoms with van der Waals surface area (Å²) in [6.45, 7) is 1.96. The summed E-state index contributed by atoms with van der Waals surface area (Å²) in [7, 11) is 1.53. The van der Waals surface area contributed by atoms with Crippen molar-refractivity contribution in [2.45, 2.75) is 13.1 Å². The van der Waals surface area contributed by atoms with Crippen molar-refractivity contribution in [2.75, 3.05) is 7.11 Å². The minimum absolute atomic E-state index is 0.320. The van der Waals surface area contributed by atoms with E-state index in [4.69, 9.17) is 4.74 Å². The largest absolute Gasteiger partial charge is 0.497 e. The Kier molecular flexibility index (Phi) is 4.15. The molecule has 0 fully saturated rings. The van der Waals surface area contributed by atoms with E-state index in [0.717, 1.165) is 21.8 Å². The van der Waals surface area contributed by atoms with E-state index < -0.39 is 11.9 Å². The Morgan fingerprint density at radius 2 is 1.78 bits per heavy atom. The lowest BCUT2D eigenvalue weighted by atomic mass is 10.1. The van der Waals surface area contributed by atoms with Gasteiger partial charge in [-0.05, 0) is 55.0 Å². The summed E-state index contributed by atoms with van der Waals surface area (Å²) in [5, 5.41) is 4.18. The summed E-state index contributed by atoms with van der Waals surface area (Å²) in [4.78, 5) is 4.47. The van der Waals surface area contributed by atoms with Crippen LogP contribution in [0, 0.1) is 6.92 Å². The SMILES string of the molecule is COc1ccc(-c2cc(C(F)(F)F)nn2-c2nc3ccc(C)cc3s2)cc1. The topological polar surface area (TPSA) is 39.9 Å². The van der Waals surface area contributed by atoms with Crippen LogP contribution in [0.3, 0.4) is 0 Å². The van der Waals surface area contributed by atoms with Crippen LogP contribution in [-0.4, -0.2) is 21.9 Å². The van der Waals surface area contributed by atoms with Crippen molar-refractivity contribution in [3.8, 4) is 22.1 Å². The molecule has 0 N–H and O–H groups in total. The molecule has 0 aliphatic rings. The molecular formula is C19H14F3N3OS. The Morgan fingerprint density at radius 3 is 2.44 bits per heavy atom. The molecule has 0 saturated carbocycles. The number of ether oxygens (including phenoxy) is 1. The first-order valence-corrected chi connectivity index (χ1v) is 8.86. The van der Waals surface area contributed by atoms with Crippen molar-refractivity contribution in [3.05, 3.63) is 59.8 Å². The van der Waals surface area contributed by atoms with E-state index in [9.17, 15) is 13.2 Å². The molecule has 138 valence electrons. The van der Waals surface area contributed by atoms with E-state index in [2.05, 4.69) is 10.1 Å². The molecule has 8 heteroatoms. The quantitative estimate of drug-likeness (QED) is 0.465. The second kappa shape index (κ2) is 6.38. The molecular weight excluding hydrogens is 375 g/mol. The predicted octanol–water partition coefficient (Wildman–Crippen LogP) is 5.48. The van der Waals surface area contributed by atoms with Crippen molar-refractivity contribution in [2.24, 2.45) is 0 Å². The van der Waals surface area contributed by atoms with Gasteiger partial charge in [-0.3, -0.25) is 0 Å². The standard InChI is InChI=1S/C19H14F3N3OS/c1-11-3-8-14-16(9-11)27-18(23-14)25-15(10-17(24-25)19(20,21)22)12-4-6-13(26-2)7-5-12/h3-10H,1-2H3. The average molecular weight is 389 g/mol. The Hall–Kier alpha value is -2.87. The molecule has 0 bridgehead atoms. The molecule has 0 aliphatic carbocycles. The first kappa shape index (κ1) is 17.5. The van der Waals surface area contributed by atoms with Crippen LogP contribution < -0.4 is 4.74 Å². The minimum Gasteiger partial charge on any atom is -0.497 e. The molecule has 2 heterocycles. The number of aryl methyl sites for hydroxylation is 1. The number of rotatable bonds is 3. The van der Waals surface area contributed by atoms with Crippen molar-refractivity contribution in [1.82, 2.24) is 14.8 Å². The molecule has 2 aromatic heterocycles. The number of nitrogens with zero attached hydrogens (tertiary/aromatic N) is 3. The van der Waals surface area contributed by atoms with Gasteiger partial charge in [-0.1, -0.05) is 17.4 Å². The zero-order chi connectivity index (χ0) is 19.2. The van der Waals surface area contributed by atoms with E-state index in [-0.39, 0.29) is 0 Å². The number of benzene rings is 2. The van der Waals surface area contributed by atoms with Crippen molar-refractivity contribution in [1.29, 1.82) is 0 Å². The lowest BCUT2D eigenvalue weighted by Gasteiger charge is -2.05. The van der Waals surface area contributed by atoms with Gasteiger partial charge in [-0.15, -0.1) is 0 Å². The second-order valence-electron chi connectivity index (χ2n) is 6.02. The molecule has 27 heavy (non-hydrogen) atoms.